The van der Waals surface area contributed by atoms with Crippen LogP contribution in [0.4, 0.5) is 0 Å². The molecule has 1 heterocycles. The van der Waals surface area contributed by atoms with Crippen LogP contribution in [0.3, 0.4) is 0 Å². The number of pyridine rings is 1. The molecule has 1 aromatic heterocycles. The summed E-state index contributed by atoms with van der Waals surface area (Å²) in [4.78, 5) is 29.3. The molecule has 2 amide bonds. The molecular weight excluding hydrogens is 334 g/mol. The number of benzene rings is 1. The second-order valence-corrected chi connectivity index (χ2v) is 5.84. The van der Waals surface area contributed by atoms with Crippen molar-refractivity contribution in [2.24, 2.45) is 5.73 Å². The fourth-order valence-electron chi connectivity index (χ4n) is 2.58. The number of hydrogen-bond donors (Lipinski definition) is 1. The Labute approximate surface area is 152 Å². The topological polar surface area (TPSA) is 94.8 Å². The quantitative estimate of drug-likeness (QED) is 0.757. The fraction of sp³-hybridized carbons (Fsp3) is 0.316. The standard InChI is InChI=1S/C19H23N3O4/c1-13-6-8-21-15(10-13)7-9-22(19(24)18(20)23)12-14-4-5-16(25-2)11-17(14)26-3/h4-6,8,10-11H,7,9,12H2,1-3H3,(H2,20,23). The van der Waals surface area contributed by atoms with Gasteiger partial charge in [0.15, 0.2) is 0 Å². The number of nitrogens with two attached hydrogens (primary N) is 1. The van der Waals surface area contributed by atoms with Crippen molar-refractivity contribution in [1.82, 2.24) is 9.88 Å². The van der Waals surface area contributed by atoms with E-state index < -0.39 is 11.8 Å². The van der Waals surface area contributed by atoms with E-state index in [4.69, 9.17) is 15.2 Å². The van der Waals surface area contributed by atoms with Gasteiger partial charge in [-0.15, -0.1) is 0 Å². The number of nitrogens with zero attached hydrogens (tertiary/aromatic N) is 2. The third-order valence-electron chi connectivity index (χ3n) is 3.96. The van der Waals surface area contributed by atoms with Crippen LogP contribution in [0, 0.1) is 6.92 Å². The number of ether oxygens (including phenoxy) is 2. The molecule has 0 aliphatic rings. The maximum atomic E-state index is 12.2. The molecular formula is C19H23N3O4. The van der Waals surface area contributed by atoms with E-state index in [1.165, 1.54) is 12.0 Å². The fourth-order valence-corrected chi connectivity index (χ4v) is 2.58. The van der Waals surface area contributed by atoms with E-state index in [1.54, 1.807) is 31.5 Å². The molecule has 138 valence electrons. The largest absolute Gasteiger partial charge is 0.497 e. The van der Waals surface area contributed by atoms with E-state index in [-0.39, 0.29) is 6.54 Å². The maximum Gasteiger partial charge on any atom is 0.311 e. The lowest BCUT2D eigenvalue weighted by molar-refractivity contribution is -0.144. The summed E-state index contributed by atoms with van der Waals surface area (Å²) in [6.45, 7) is 2.48. The molecule has 0 fully saturated rings. The van der Waals surface area contributed by atoms with Crippen LogP contribution in [0.5, 0.6) is 11.5 Å². The molecule has 0 unspecified atom stereocenters. The molecule has 0 saturated carbocycles. The summed E-state index contributed by atoms with van der Waals surface area (Å²) in [7, 11) is 3.10. The zero-order valence-corrected chi connectivity index (χ0v) is 15.2. The normalized spacial score (nSPS) is 10.3. The minimum Gasteiger partial charge on any atom is -0.497 e. The number of amides is 2. The number of primary amides is 1. The van der Waals surface area contributed by atoms with Crippen LogP contribution in [0.25, 0.3) is 0 Å². The van der Waals surface area contributed by atoms with Crippen molar-refractivity contribution in [2.75, 3.05) is 20.8 Å². The van der Waals surface area contributed by atoms with Gasteiger partial charge in [0.25, 0.3) is 0 Å². The number of aromatic nitrogens is 1. The lowest BCUT2D eigenvalue weighted by atomic mass is 10.1. The molecule has 2 rings (SSSR count). The van der Waals surface area contributed by atoms with Gasteiger partial charge in [-0.3, -0.25) is 14.6 Å². The first kappa shape index (κ1) is 19.2. The van der Waals surface area contributed by atoms with Crippen molar-refractivity contribution in [1.29, 1.82) is 0 Å². The summed E-state index contributed by atoms with van der Waals surface area (Å²) in [5.41, 5.74) is 7.88. The molecule has 2 N–H and O–H groups in total. The first-order valence-corrected chi connectivity index (χ1v) is 8.15. The Balaban J connectivity index is 2.20. The number of carbonyl (C=O) groups excluding carboxylic acids is 2. The molecule has 0 aliphatic heterocycles. The summed E-state index contributed by atoms with van der Waals surface area (Å²) in [6, 6.07) is 9.14. The summed E-state index contributed by atoms with van der Waals surface area (Å²) in [5, 5.41) is 0. The van der Waals surface area contributed by atoms with Crippen LogP contribution in [-0.4, -0.2) is 42.5 Å². The van der Waals surface area contributed by atoms with Crippen LogP contribution in [0.1, 0.15) is 16.8 Å². The van der Waals surface area contributed by atoms with Crippen LogP contribution in [-0.2, 0) is 22.6 Å². The van der Waals surface area contributed by atoms with E-state index in [0.29, 0.717) is 24.5 Å². The lowest BCUT2D eigenvalue weighted by Crippen LogP contribution is -2.41. The second-order valence-electron chi connectivity index (χ2n) is 5.84. The molecule has 0 spiro atoms. The van der Waals surface area contributed by atoms with Gasteiger partial charge in [0.05, 0.1) is 14.2 Å². The Morgan fingerprint density at radius 1 is 1.15 bits per heavy atom. The molecule has 0 saturated heterocycles. The van der Waals surface area contributed by atoms with Gasteiger partial charge in [-0.05, 0) is 36.8 Å². The van der Waals surface area contributed by atoms with E-state index in [0.717, 1.165) is 16.8 Å². The Morgan fingerprint density at radius 2 is 1.92 bits per heavy atom. The minimum atomic E-state index is -0.991. The average molecular weight is 357 g/mol. The van der Waals surface area contributed by atoms with E-state index in [1.807, 2.05) is 19.1 Å². The third kappa shape index (κ3) is 4.95. The van der Waals surface area contributed by atoms with E-state index >= 15 is 0 Å². The number of aryl methyl sites for hydroxylation is 1. The van der Waals surface area contributed by atoms with Crippen LogP contribution in [0.2, 0.25) is 0 Å². The highest BCUT2D eigenvalue weighted by molar-refractivity contribution is 6.34. The van der Waals surface area contributed by atoms with Gasteiger partial charge >= 0.3 is 11.8 Å². The summed E-state index contributed by atoms with van der Waals surface area (Å²) >= 11 is 0. The first-order chi connectivity index (χ1) is 12.4. The summed E-state index contributed by atoms with van der Waals surface area (Å²) in [5.74, 6) is -0.521. The molecule has 26 heavy (non-hydrogen) atoms. The van der Waals surface area contributed by atoms with Crippen molar-refractivity contribution in [2.45, 2.75) is 19.9 Å². The Hall–Kier alpha value is -3.09. The highest BCUT2D eigenvalue weighted by Crippen LogP contribution is 2.25. The zero-order valence-electron chi connectivity index (χ0n) is 15.2. The molecule has 0 bridgehead atoms. The highest BCUT2D eigenvalue weighted by atomic mass is 16.5. The molecule has 1 aromatic carbocycles. The van der Waals surface area contributed by atoms with Gasteiger partial charge in [-0.1, -0.05) is 0 Å². The molecule has 7 heteroatoms. The van der Waals surface area contributed by atoms with Gasteiger partial charge in [-0.25, -0.2) is 0 Å². The smallest absolute Gasteiger partial charge is 0.311 e. The van der Waals surface area contributed by atoms with Crippen LogP contribution < -0.4 is 15.2 Å². The molecule has 2 aromatic rings. The van der Waals surface area contributed by atoms with Crippen molar-refractivity contribution >= 4 is 11.8 Å². The minimum absolute atomic E-state index is 0.195. The molecule has 0 radical (unpaired) electrons. The zero-order chi connectivity index (χ0) is 19.1. The predicted molar refractivity (Wildman–Crippen MR) is 96.8 cm³/mol. The number of methoxy groups -OCH3 is 2. The van der Waals surface area contributed by atoms with Crippen molar-refractivity contribution in [3.05, 3.63) is 53.3 Å². The van der Waals surface area contributed by atoms with E-state index in [2.05, 4.69) is 4.98 Å². The second kappa shape index (κ2) is 8.84. The van der Waals surface area contributed by atoms with Gasteiger partial charge in [0.1, 0.15) is 11.5 Å². The Bertz CT molecular complexity index is 792. The van der Waals surface area contributed by atoms with Crippen LogP contribution >= 0.6 is 0 Å². The van der Waals surface area contributed by atoms with Gasteiger partial charge in [0, 0.05) is 43.0 Å². The van der Waals surface area contributed by atoms with Crippen molar-refractivity contribution in [3.63, 3.8) is 0 Å². The molecule has 0 atom stereocenters. The van der Waals surface area contributed by atoms with Crippen molar-refractivity contribution < 1.29 is 19.1 Å². The Morgan fingerprint density at radius 3 is 2.54 bits per heavy atom. The predicted octanol–water partition coefficient (Wildman–Crippen LogP) is 1.46. The van der Waals surface area contributed by atoms with E-state index in [9.17, 15) is 9.59 Å². The average Bonchev–Trinajstić information content (AvgIpc) is 2.64. The van der Waals surface area contributed by atoms with Crippen molar-refractivity contribution in [3.8, 4) is 11.5 Å². The van der Waals surface area contributed by atoms with Gasteiger partial charge in [-0.2, -0.15) is 0 Å². The summed E-state index contributed by atoms with van der Waals surface area (Å²) < 4.78 is 10.5. The Kier molecular flexibility index (Phi) is 6.54. The number of hydrogen-bond acceptors (Lipinski definition) is 5. The first-order valence-electron chi connectivity index (χ1n) is 8.15. The molecule has 0 aliphatic carbocycles. The van der Waals surface area contributed by atoms with Gasteiger partial charge in [0.2, 0.25) is 0 Å². The van der Waals surface area contributed by atoms with Crippen LogP contribution in [0.15, 0.2) is 36.5 Å². The highest BCUT2D eigenvalue weighted by Gasteiger charge is 2.21. The summed E-state index contributed by atoms with van der Waals surface area (Å²) in [6.07, 6.45) is 2.23. The lowest BCUT2D eigenvalue weighted by Gasteiger charge is -2.22. The third-order valence-corrected chi connectivity index (χ3v) is 3.96. The molecule has 7 nitrogen and oxygen atoms in total. The van der Waals surface area contributed by atoms with Gasteiger partial charge < -0.3 is 20.1 Å². The SMILES string of the molecule is COc1ccc(CN(CCc2cc(C)ccn2)C(=O)C(N)=O)c(OC)c1. The maximum absolute atomic E-state index is 12.2. The number of rotatable bonds is 7. The monoisotopic (exact) mass is 357 g/mol. The number of carbonyl (C=O) groups is 2.